The van der Waals surface area contributed by atoms with E-state index < -0.39 is 0 Å². The number of hydrogen-bond acceptors (Lipinski definition) is 2. The summed E-state index contributed by atoms with van der Waals surface area (Å²) < 4.78 is 1.04. The van der Waals surface area contributed by atoms with Crippen LogP contribution in [0.25, 0.3) is 0 Å². The van der Waals surface area contributed by atoms with E-state index in [1.165, 1.54) is 0 Å². The summed E-state index contributed by atoms with van der Waals surface area (Å²) in [5.41, 5.74) is 1.12. The third-order valence-electron chi connectivity index (χ3n) is 3.09. The molecule has 0 radical (unpaired) electrons. The molecular formula is C13H17BrN2O. The molecule has 1 aromatic rings. The van der Waals surface area contributed by atoms with Crippen molar-refractivity contribution in [3.05, 3.63) is 34.3 Å². The minimum Gasteiger partial charge on any atom is -0.350 e. The molecule has 4 heteroatoms. The molecule has 1 amide bonds. The molecule has 0 aliphatic carbocycles. The van der Waals surface area contributed by atoms with Crippen molar-refractivity contribution in [2.45, 2.75) is 19.4 Å². The lowest BCUT2D eigenvalue weighted by atomic mass is 9.98. The summed E-state index contributed by atoms with van der Waals surface area (Å²) in [6.45, 7) is 3.95. The average Bonchev–Trinajstić information content (AvgIpc) is 2.24. The van der Waals surface area contributed by atoms with Gasteiger partial charge in [0.1, 0.15) is 0 Å². The van der Waals surface area contributed by atoms with Gasteiger partial charge in [0.2, 0.25) is 5.91 Å². The minimum absolute atomic E-state index is 0.0473. The molecule has 1 fully saturated rings. The second-order valence-corrected chi connectivity index (χ2v) is 5.39. The van der Waals surface area contributed by atoms with Crippen LogP contribution in [-0.2, 0) is 4.79 Å². The fourth-order valence-electron chi connectivity index (χ4n) is 1.96. The maximum absolute atomic E-state index is 11.8. The van der Waals surface area contributed by atoms with Gasteiger partial charge in [-0.05, 0) is 37.6 Å². The molecule has 2 N–H and O–H groups in total. The van der Waals surface area contributed by atoms with Crippen LogP contribution in [0.4, 0.5) is 0 Å². The van der Waals surface area contributed by atoms with Crippen LogP contribution < -0.4 is 10.6 Å². The zero-order chi connectivity index (χ0) is 12.3. The van der Waals surface area contributed by atoms with E-state index in [1.807, 2.05) is 31.2 Å². The fourth-order valence-corrected chi connectivity index (χ4v) is 2.59. The Morgan fingerprint density at radius 3 is 2.82 bits per heavy atom. The van der Waals surface area contributed by atoms with Gasteiger partial charge in [-0.1, -0.05) is 34.1 Å². The van der Waals surface area contributed by atoms with Crippen LogP contribution >= 0.6 is 15.9 Å². The topological polar surface area (TPSA) is 41.1 Å². The summed E-state index contributed by atoms with van der Waals surface area (Å²) in [5, 5.41) is 6.21. The summed E-state index contributed by atoms with van der Waals surface area (Å²) in [6, 6.07) is 8.03. The maximum atomic E-state index is 11.8. The first-order valence-corrected chi connectivity index (χ1v) is 6.70. The largest absolute Gasteiger partial charge is 0.350 e. The highest BCUT2D eigenvalue weighted by Crippen LogP contribution is 2.23. The molecule has 1 aliphatic heterocycles. The Morgan fingerprint density at radius 2 is 2.24 bits per heavy atom. The van der Waals surface area contributed by atoms with Gasteiger partial charge in [-0.25, -0.2) is 0 Å². The molecule has 1 saturated heterocycles. The van der Waals surface area contributed by atoms with E-state index in [-0.39, 0.29) is 11.9 Å². The first-order valence-electron chi connectivity index (χ1n) is 5.91. The van der Waals surface area contributed by atoms with Crippen LogP contribution in [0.5, 0.6) is 0 Å². The normalized spacial score (nSPS) is 17.3. The Kier molecular flexibility index (Phi) is 4.18. The fraction of sp³-hybridized carbons (Fsp3) is 0.462. The Balaban J connectivity index is 1.89. The van der Waals surface area contributed by atoms with Crippen LogP contribution in [0.15, 0.2) is 28.7 Å². The molecule has 92 valence electrons. The number of nitrogens with one attached hydrogen (secondary N) is 2. The molecule has 1 aliphatic rings. The van der Waals surface area contributed by atoms with Gasteiger partial charge in [0.25, 0.3) is 0 Å². The number of benzene rings is 1. The number of halogens is 1. The smallest absolute Gasteiger partial charge is 0.220 e. The van der Waals surface area contributed by atoms with Crippen LogP contribution in [0.1, 0.15) is 24.9 Å². The monoisotopic (exact) mass is 296 g/mol. The van der Waals surface area contributed by atoms with Crippen molar-refractivity contribution in [2.24, 2.45) is 5.92 Å². The van der Waals surface area contributed by atoms with Gasteiger partial charge < -0.3 is 10.6 Å². The van der Waals surface area contributed by atoms with E-state index in [2.05, 4.69) is 26.6 Å². The van der Waals surface area contributed by atoms with Crippen molar-refractivity contribution in [1.82, 2.24) is 10.6 Å². The van der Waals surface area contributed by atoms with Crippen LogP contribution in [0.3, 0.4) is 0 Å². The van der Waals surface area contributed by atoms with Gasteiger partial charge in [0.05, 0.1) is 6.04 Å². The van der Waals surface area contributed by atoms with Crippen molar-refractivity contribution in [3.8, 4) is 0 Å². The van der Waals surface area contributed by atoms with Gasteiger partial charge in [-0.15, -0.1) is 0 Å². The first kappa shape index (κ1) is 12.6. The molecule has 0 spiro atoms. The van der Waals surface area contributed by atoms with Crippen molar-refractivity contribution in [2.75, 3.05) is 13.1 Å². The minimum atomic E-state index is 0.0473. The van der Waals surface area contributed by atoms with Crippen LogP contribution in [0, 0.1) is 5.92 Å². The third kappa shape index (κ3) is 3.30. The summed E-state index contributed by atoms with van der Waals surface area (Å²) >= 11 is 3.50. The SMILES string of the molecule is C[C@H](NC(=O)CC1CNC1)c1ccccc1Br. The average molecular weight is 297 g/mol. The number of carbonyl (C=O) groups is 1. The summed E-state index contributed by atoms with van der Waals surface area (Å²) in [5.74, 6) is 0.654. The van der Waals surface area contributed by atoms with Gasteiger partial charge in [0, 0.05) is 10.9 Å². The molecule has 17 heavy (non-hydrogen) atoms. The van der Waals surface area contributed by atoms with E-state index in [4.69, 9.17) is 0 Å². The van der Waals surface area contributed by atoms with E-state index in [9.17, 15) is 4.79 Å². The number of rotatable bonds is 4. The Hall–Kier alpha value is -0.870. The molecule has 0 saturated carbocycles. The highest BCUT2D eigenvalue weighted by molar-refractivity contribution is 9.10. The molecular weight excluding hydrogens is 280 g/mol. The highest BCUT2D eigenvalue weighted by atomic mass is 79.9. The van der Waals surface area contributed by atoms with Crippen LogP contribution in [-0.4, -0.2) is 19.0 Å². The standard InChI is InChI=1S/C13H17BrN2O/c1-9(11-4-2-3-5-12(11)14)16-13(17)6-10-7-15-8-10/h2-5,9-10,15H,6-8H2,1H3,(H,16,17)/t9-/m0/s1. The maximum Gasteiger partial charge on any atom is 0.220 e. The Bertz CT molecular complexity index is 404. The molecule has 0 aromatic heterocycles. The van der Waals surface area contributed by atoms with Crippen molar-refractivity contribution < 1.29 is 4.79 Å². The first-order chi connectivity index (χ1) is 8.16. The molecule has 1 atom stereocenters. The van der Waals surface area contributed by atoms with E-state index in [1.54, 1.807) is 0 Å². The van der Waals surface area contributed by atoms with Gasteiger partial charge in [-0.2, -0.15) is 0 Å². The second-order valence-electron chi connectivity index (χ2n) is 4.54. The summed E-state index contributed by atoms with van der Waals surface area (Å²) in [6.07, 6.45) is 0.627. The van der Waals surface area contributed by atoms with Crippen molar-refractivity contribution >= 4 is 21.8 Å². The zero-order valence-electron chi connectivity index (χ0n) is 9.87. The molecule has 3 nitrogen and oxygen atoms in total. The predicted molar refractivity (Wildman–Crippen MR) is 71.7 cm³/mol. The number of hydrogen-bond donors (Lipinski definition) is 2. The molecule has 2 rings (SSSR count). The van der Waals surface area contributed by atoms with Gasteiger partial charge >= 0.3 is 0 Å². The Morgan fingerprint density at radius 1 is 1.53 bits per heavy atom. The van der Waals surface area contributed by atoms with Crippen molar-refractivity contribution in [3.63, 3.8) is 0 Å². The van der Waals surface area contributed by atoms with E-state index in [0.717, 1.165) is 23.1 Å². The van der Waals surface area contributed by atoms with E-state index in [0.29, 0.717) is 12.3 Å². The lowest BCUT2D eigenvalue weighted by Crippen LogP contribution is -2.44. The molecule has 0 unspecified atom stereocenters. The Labute approximate surface area is 110 Å². The molecule has 1 aromatic carbocycles. The summed E-state index contributed by atoms with van der Waals surface area (Å²) in [7, 11) is 0. The zero-order valence-corrected chi connectivity index (χ0v) is 11.5. The summed E-state index contributed by atoms with van der Waals surface area (Å²) in [4.78, 5) is 11.8. The van der Waals surface area contributed by atoms with Crippen molar-refractivity contribution in [1.29, 1.82) is 0 Å². The quantitative estimate of drug-likeness (QED) is 0.895. The third-order valence-corrected chi connectivity index (χ3v) is 3.81. The van der Waals surface area contributed by atoms with E-state index >= 15 is 0 Å². The molecule has 0 bridgehead atoms. The highest BCUT2D eigenvalue weighted by Gasteiger charge is 2.21. The lowest BCUT2D eigenvalue weighted by molar-refractivity contribution is -0.123. The number of carbonyl (C=O) groups excluding carboxylic acids is 1. The number of amides is 1. The van der Waals surface area contributed by atoms with Gasteiger partial charge in [0.15, 0.2) is 0 Å². The predicted octanol–water partition coefficient (Wildman–Crippen LogP) is 2.24. The van der Waals surface area contributed by atoms with Gasteiger partial charge in [-0.3, -0.25) is 4.79 Å². The molecule has 1 heterocycles. The lowest BCUT2D eigenvalue weighted by Gasteiger charge is -2.27. The van der Waals surface area contributed by atoms with Crippen LogP contribution in [0.2, 0.25) is 0 Å². The second kappa shape index (κ2) is 5.65.